The van der Waals surface area contributed by atoms with Gasteiger partial charge in [-0.1, -0.05) is 0 Å². The molecule has 0 unspecified atom stereocenters. The van der Waals surface area contributed by atoms with Gasteiger partial charge < -0.3 is 0 Å². The summed E-state index contributed by atoms with van der Waals surface area (Å²) in [4.78, 5) is 0. The van der Waals surface area contributed by atoms with E-state index in [9.17, 15) is 18.3 Å². The van der Waals surface area contributed by atoms with Gasteiger partial charge in [-0.05, 0) is 0 Å². The van der Waals surface area contributed by atoms with E-state index in [1.165, 1.54) is 0 Å². The summed E-state index contributed by atoms with van der Waals surface area (Å²) in [6.07, 6.45) is 0. The van der Waals surface area contributed by atoms with Gasteiger partial charge in [-0.2, -0.15) is 4.31 Å². The molecular formula is O8P2W. The first-order valence-corrected chi connectivity index (χ1v) is 7.38. The topological polar surface area (TPSA) is 129 Å². The van der Waals surface area contributed by atoms with Gasteiger partial charge in [0.05, 0.1) is 0 Å². The maximum absolute atomic E-state index is 9.24. The van der Waals surface area contributed by atoms with E-state index in [1.54, 1.807) is 0 Å². The van der Waals surface area contributed by atoms with Crippen LogP contribution < -0.4 is 0 Å². The second-order valence-corrected chi connectivity index (χ2v) is 3.75. The Kier molecular flexibility index (Phi) is 9.71. The van der Waals surface area contributed by atoms with E-state index < -0.39 is 33.0 Å². The molecule has 0 aliphatic rings. The number of rotatable bonds is 2. The Balaban J connectivity index is 0. The Morgan fingerprint density at radius 1 is 0.818 bits per heavy atom. The Morgan fingerprint density at radius 2 is 1.00 bits per heavy atom. The summed E-state index contributed by atoms with van der Waals surface area (Å²) < 4.78 is 66.0. The van der Waals surface area contributed by atoms with Crippen LogP contribution in [0.1, 0.15) is 0 Å². The van der Waals surface area contributed by atoms with Crippen LogP contribution >= 0.6 is 15.8 Å². The Hall–Kier alpha value is -0.152. The van der Waals surface area contributed by atoms with E-state index in [0.29, 0.717) is 0 Å². The predicted molar refractivity (Wildman–Crippen MR) is 19.7 cm³/mol. The van der Waals surface area contributed by atoms with Crippen LogP contribution in [0.25, 0.3) is 0 Å². The van der Waals surface area contributed by atoms with Crippen LogP contribution in [0, 0.1) is 0 Å². The molecule has 0 bridgehead atoms. The van der Waals surface area contributed by atoms with Crippen molar-refractivity contribution in [1.82, 2.24) is 0 Å². The van der Waals surface area contributed by atoms with E-state index in [4.69, 9.17) is 10.2 Å². The van der Waals surface area contributed by atoms with Gasteiger partial charge in [0.2, 0.25) is 0 Å². The summed E-state index contributed by atoms with van der Waals surface area (Å²) in [5, 5.41) is 0. The predicted octanol–water partition coefficient (Wildman–Crippen LogP) is 0.820. The van der Waals surface area contributed by atoms with Crippen molar-refractivity contribution >= 4 is 15.8 Å². The summed E-state index contributed by atoms with van der Waals surface area (Å²) in [7, 11) is -6.47. The maximum atomic E-state index is 9.24. The summed E-state index contributed by atoms with van der Waals surface area (Å²) in [6.45, 7) is 0. The third kappa shape index (κ3) is 41.0. The van der Waals surface area contributed by atoms with Crippen LogP contribution in [0.4, 0.5) is 0 Å². The molecule has 0 aromatic rings. The molecule has 0 fully saturated rings. The monoisotopic (exact) mass is 374 g/mol. The Morgan fingerprint density at radius 3 is 1.00 bits per heavy atom. The molecule has 0 aliphatic heterocycles. The molecule has 0 rings (SSSR count). The molecule has 0 N–H and O–H groups in total. The van der Waals surface area contributed by atoms with E-state index in [-0.39, 0.29) is 0 Å². The van der Waals surface area contributed by atoms with Crippen LogP contribution in [0.2, 0.25) is 0 Å². The zero-order valence-electron chi connectivity index (χ0n) is 4.57. The molecule has 0 atom stereocenters. The second kappa shape index (κ2) is 7.95. The molecular weight excluding hydrogens is 374 g/mol. The van der Waals surface area contributed by atoms with Gasteiger partial charge in [-0.15, -0.1) is 0 Å². The molecule has 8 nitrogen and oxygen atoms in total. The first kappa shape index (κ1) is 13.4. The van der Waals surface area contributed by atoms with Crippen LogP contribution in [0.5, 0.6) is 0 Å². The SMILES string of the molecule is O=P(=O)OP(=O)=O.[O]=[W](=[O])=[O]. The Bertz CT molecular complexity index is 281. The second-order valence-electron chi connectivity index (χ2n) is 0.733. The van der Waals surface area contributed by atoms with Gasteiger partial charge in [-0.3, -0.25) is 0 Å². The first-order chi connectivity index (χ1) is 4.86. The third-order valence-electron chi connectivity index (χ3n) is 0.133. The van der Waals surface area contributed by atoms with Gasteiger partial charge in [-0.25, -0.2) is 18.3 Å². The zero-order chi connectivity index (χ0) is 9.44. The molecule has 0 radical (unpaired) electrons. The number of hydrogen-bond acceptors (Lipinski definition) is 8. The molecule has 0 amide bonds. The summed E-state index contributed by atoms with van der Waals surface area (Å²) in [5.74, 6) is 0. The van der Waals surface area contributed by atoms with Crippen LogP contribution in [-0.4, -0.2) is 0 Å². The molecule has 11 heteroatoms. The zero-order valence-corrected chi connectivity index (χ0v) is 9.29. The fourth-order valence-electron chi connectivity index (χ4n) is 0.0544. The molecule has 0 saturated heterocycles. The van der Waals surface area contributed by atoms with Crippen molar-refractivity contribution in [2.45, 2.75) is 0 Å². The molecule has 0 aromatic carbocycles. The van der Waals surface area contributed by atoms with Gasteiger partial charge in [0.15, 0.2) is 0 Å². The Labute approximate surface area is 66.2 Å². The van der Waals surface area contributed by atoms with E-state index in [2.05, 4.69) is 4.31 Å². The van der Waals surface area contributed by atoms with Crippen molar-refractivity contribution < 1.29 is 50.0 Å². The molecule has 0 spiro atoms. The molecule has 11 heavy (non-hydrogen) atoms. The van der Waals surface area contributed by atoms with Crippen LogP contribution in [0.15, 0.2) is 0 Å². The van der Waals surface area contributed by atoms with E-state index >= 15 is 0 Å². The molecule has 0 aliphatic carbocycles. The average molecular weight is 374 g/mol. The normalized spacial score (nSPS) is 7.27. The van der Waals surface area contributed by atoms with Crippen molar-refractivity contribution in [3.8, 4) is 0 Å². The molecule has 0 saturated carbocycles. The van der Waals surface area contributed by atoms with Crippen molar-refractivity contribution in [3.05, 3.63) is 0 Å². The fourth-order valence-corrected chi connectivity index (χ4v) is 0.490. The first-order valence-electron chi connectivity index (χ1n) is 1.60. The van der Waals surface area contributed by atoms with Crippen molar-refractivity contribution in [3.63, 3.8) is 0 Å². The van der Waals surface area contributed by atoms with Crippen molar-refractivity contribution in [2.75, 3.05) is 0 Å². The number of hydrogen-bond donors (Lipinski definition) is 0. The average Bonchev–Trinajstić information content (AvgIpc) is 1.56. The van der Waals surface area contributed by atoms with Crippen LogP contribution in [0.3, 0.4) is 0 Å². The molecule has 64 valence electrons. The minimum absolute atomic E-state index is 3.16. The molecule has 0 aromatic heterocycles. The molecule has 0 heterocycles. The fraction of sp³-hybridized carbons (Fsp3) is 0. The third-order valence-corrected chi connectivity index (χ3v) is 1.20. The quantitative estimate of drug-likeness (QED) is 0.650. The standard InChI is InChI=1S/O5P2.3O.W/c1-6(2)5-7(3)4;;;;. The van der Waals surface area contributed by atoms with E-state index in [1.807, 2.05) is 0 Å². The summed E-state index contributed by atoms with van der Waals surface area (Å²) in [6, 6.07) is 0. The van der Waals surface area contributed by atoms with Crippen molar-refractivity contribution in [2.24, 2.45) is 0 Å². The van der Waals surface area contributed by atoms with Crippen LogP contribution in [-0.2, 0) is 50.0 Å². The minimum atomic E-state index is -4.28. The van der Waals surface area contributed by atoms with Gasteiger partial charge in [0.25, 0.3) is 0 Å². The summed E-state index contributed by atoms with van der Waals surface area (Å²) >= 11 is -4.28. The summed E-state index contributed by atoms with van der Waals surface area (Å²) in [5.41, 5.74) is 0. The van der Waals surface area contributed by atoms with Crippen molar-refractivity contribution in [1.29, 1.82) is 0 Å². The van der Waals surface area contributed by atoms with E-state index in [0.717, 1.165) is 0 Å². The van der Waals surface area contributed by atoms with Gasteiger partial charge in [0, 0.05) is 0 Å². The van der Waals surface area contributed by atoms with Gasteiger partial charge >= 0.3 is 43.2 Å². The van der Waals surface area contributed by atoms with Gasteiger partial charge in [0.1, 0.15) is 0 Å².